The van der Waals surface area contributed by atoms with Crippen LogP contribution in [0, 0.1) is 0 Å². The van der Waals surface area contributed by atoms with Gasteiger partial charge in [0.05, 0.1) is 6.26 Å². The molecule has 0 radical (unpaired) electrons. The third-order valence-corrected chi connectivity index (χ3v) is 2.06. The van der Waals surface area contributed by atoms with Crippen molar-refractivity contribution in [3.05, 3.63) is 24.2 Å². The molecular weight excluding hydrogens is 182 g/mol. The Morgan fingerprint density at radius 3 is 2.86 bits per heavy atom. The summed E-state index contributed by atoms with van der Waals surface area (Å²) in [7, 11) is 3.87. The molecule has 1 aromatic heterocycles. The molecule has 1 heterocycles. The first kappa shape index (κ1) is 10.8. The van der Waals surface area contributed by atoms with Gasteiger partial charge in [0.15, 0.2) is 0 Å². The van der Waals surface area contributed by atoms with E-state index in [0.29, 0.717) is 6.61 Å². The van der Waals surface area contributed by atoms with Crippen LogP contribution in [0.3, 0.4) is 0 Å². The Bertz CT molecular complexity index is 280. The summed E-state index contributed by atoms with van der Waals surface area (Å²) in [6.45, 7) is 2.35. The van der Waals surface area contributed by atoms with E-state index < -0.39 is 5.97 Å². The van der Waals surface area contributed by atoms with E-state index in [0.717, 1.165) is 0 Å². The highest BCUT2D eigenvalue weighted by Gasteiger charge is 2.12. The van der Waals surface area contributed by atoms with Crippen molar-refractivity contribution in [3.63, 3.8) is 0 Å². The van der Waals surface area contributed by atoms with Crippen molar-refractivity contribution >= 4 is 5.97 Å². The van der Waals surface area contributed by atoms with Crippen molar-refractivity contribution in [3.8, 4) is 0 Å². The van der Waals surface area contributed by atoms with E-state index in [-0.39, 0.29) is 11.8 Å². The lowest BCUT2D eigenvalue weighted by molar-refractivity contribution is 0.0381. The third kappa shape index (κ3) is 2.88. The molecule has 0 aromatic carbocycles. The molecule has 14 heavy (non-hydrogen) atoms. The minimum atomic E-state index is -0.413. The SMILES string of the molecule is CC(COC(=O)c1ccco1)N(C)C. The molecule has 0 saturated heterocycles. The normalized spacial score (nSPS) is 12.9. The van der Waals surface area contributed by atoms with Crippen LogP contribution in [0.15, 0.2) is 22.8 Å². The maximum Gasteiger partial charge on any atom is 0.374 e. The standard InChI is InChI=1S/C10H15NO3/c1-8(11(2)3)7-14-10(12)9-5-4-6-13-9/h4-6,8H,7H2,1-3H3. The molecule has 0 aliphatic heterocycles. The predicted molar refractivity (Wildman–Crippen MR) is 52.1 cm³/mol. The number of likely N-dealkylation sites (N-methyl/N-ethyl adjacent to an activating group) is 1. The van der Waals surface area contributed by atoms with Crippen molar-refractivity contribution in [2.45, 2.75) is 13.0 Å². The average Bonchev–Trinajstić information content (AvgIpc) is 2.66. The quantitative estimate of drug-likeness (QED) is 0.684. The summed E-state index contributed by atoms with van der Waals surface area (Å²) in [4.78, 5) is 13.3. The number of nitrogens with zero attached hydrogens (tertiary/aromatic N) is 1. The molecule has 0 bridgehead atoms. The Labute approximate surface area is 83.5 Å². The molecule has 1 aromatic rings. The van der Waals surface area contributed by atoms with Crippen LogP contribution in [-0.2, 0) is 4.74 Å². The van der Waals surface area contributed by atoms with E-state index >= 15 is 0 Å². The Hall–Kier alpha value is -1.29. The highest BCUT2D eigenvalue weighted by Crippen LogP contribution is 2.03. The molecule has 4 heteroatoms. The second-order valence-electron chi connectivity index (χ2n) is 3.39. The van der Waals surface area contributed by atoms with Crippen LogP contribution in [0.1, 0.15) is 17.5 Å². The van der Waals surface area contributed by atoms with Crippen LogP contribution in [0.5, 0.6) is 0 Å². The topological polar surface area (TPSA) is 42.7 Å². The van der Waals surface area contributed by atoms with Crippen molar-refractivity contribution < 1.29 is 13.9 Å². The Kier molecular flexibility index (Phi) is 3.71. The first-order chi connectivity index (χ1) is 6.61. The second-order valence-corrected chi connectivity index (χ2v) is 3.39. The molecule has 78 valence electrons. The molecule has 0 spiro atoms. The van der Waals surface area contributed by atoms with Crippen LogP contribution in [0.2, 0.25) is 0 Å². The zero-order valence-electron chi connectivity index (χ0n) is 8.69. The van der Waals surface area contributed by atoms with E-state index in [1.807, 2.05) is 25.9 Å². The van der Waals surface area contributed by atoms with Gasteiger partial charge in [0.1, 0.15) is 6.61 Å². The van der Waals surface area contributed by atoms with E-state index in [9.17, 15) is 4.79 Å². The first-order valence-corrected chi connectivity index (χ1v) is 4.48. The van der Waals surface area contributed by atoms with Gasteiger partial charge in [-0.25, -0.2) is 4.79 Å². The number of furan rings is 1. The van der Waals surface area contributed by atoms with Crippen molar-refractivity contribution in [1.29, 1.82) is 0 Å². The maximum atomic E-state index is 11.3. The predicted octanol–water partition coefficient (Wildman–Crippen LogP) is 1.39. The molecule has 1 rings (SSSR count). The molecule has 1 atom stereocenters. The number of hydrogen-bond acceptors (Lipinski definition) is 4. The van der Waals surface area contributed by atoms with Crippen LogP contribution < -0.4 is 0 Å². The van der Waals surface area contributed by atoms with Crippen LogP contribution in [0.25, 0.3) is 0 Å². The molecule has 0 aliphatic rings. The molecule has 4 nitrogen and oxygen atoms in total. The van der Waals surface area contributed by atoms with Gasteiger partial charge in [-0.2, -0.15) is 0 Å². The first-order valence-electron chi connectivity index (χ1n) is 4.48. The third-order valence-electron chi connectivity index (χ3n) is 2.06. The molecule has 0 saturated carbocycles. The number of carbonyl (C=O) groups excluding carboxylic acids is 1. The van der Waals surface area contributed by atoms with E-state index in [2.05, 4.69) is 0 Å². The van der Waals surface area contributed by atoms with Gasteiger partial charge < -0.3 is 14.1 Å². The van der Waals surface area contributed by atoms with Crippen molar-refractivity contribution in [2.24, 2.45) is 0 Å². The summed E-state index contributed by atoms with van der Waals surface area (Å²) < 4.78 is 9.94. The van der Waals surface area contributed by atoms with Gasteiger partial charge in [0, 0.05) is 6.04 Å². The van der Waals surface area contributed by atoms with Gasteiger partial charge >= 0.3 is 5.97 Å². The van der Waals surface area contributed by atoms with Gasteiger partial charge in [-0.3, -0.25) is 0 Å². The van der Waals surface area contributed by atoms with Crippen LogP contribution in [0.4, 0.5) is 0 Å². The highest BCUT2D eigenvalue weighted by molar-refractivity contribution is 5.86. The fourth-order valence-corrected chi connectivity index (χ4v) is 0.811. The van der Waals surface area contributed by atoms with Crippen LogP contribution >= 0.6 is 0 Å². The molecule has 0 fully saturated rings. The zero-order chi connectivity index (χ0) is 10.6. The number of ether oxygens (including phenoxy) is 1. The second kappa shape index (κ2) is 4.81. The summed E-state index contributed by atoms with van der Waals surface area (Å²) >= 11 is 0. The van der Waals surface area contributed by atoms with E-state index in [1.54, 1.807) is 12.1 Å². The summed E-state index contributed by atoms with van der Waals surface area (Å²) in [5.41, 5.74) is 0. The molecule has 0 N–H and O–H groups in total. The molecule has 0 amide bonds. The van der Waals surface area contributed by atoms with Gasteiger partial charge in [-0.15, -0.1) is 0 Å². The highest BCUT2D eigenvalue weighted by atomic mass is 16.5. The smallest absolute Gasteiger partial charge is 0.374 e. The van der Waals surface area contributed by atoms with Crippen molar-refractivity contribution in [1.82, 2.24) is 4.90 Å². The van der Waals surface area contributed by atoms with Crippen molar-refractivity contribution in [2.75, 3.05) is 20.7 Å². The lowest BCUT2D eigenvalue weighted by Gasteiger charge is -2.18. The summed E-state index contributed by atoms with van der Waals surface area (Å²) in [5.74, 6) is -0.167. The minimum Gasteiger partial charge on any atom is -0.458 e. The largest absolute Gasteiger partial charge is 0.458 e. The van der Waals surface area contributed by atoms with Crippen LogP contribution in [-0.4, -0.2) is 37.6 Å². The maximum absolute atomic E-state index is 11.3. The number of esters is 1. The molecule has 0 aliphatic carbocycles. The summed E-state index contributed by atoms with van der Waals surface area (Å²) in [6.07, 6.45) is 1.45. The Morgan fingerprint density at radius 1 is 1.64 bits per heavy atom. The molecular formula is C10H15NO3. The van der Waals surface area contributed by atoms with Gasteiger partial charge in [-0.05, 0) is 33.2 Å². The van der Waals surface area contributed by atoms with Gasteiger partial charge in [0.2, 0.25) is 5.76 Å². The fraction of sp³-hybridized carbons (Fsp3) is 0.500. The lowest BCUT2D eigenvalue weighted by Crippen LogP contribution is -2.30. The average molecular weight is 197 g/mol. The van der Waals surface area contributed by atoms with Gasteiger partial charge in [0.25, 0.3) is 0 Å². The monoisotopic (exact) mass is 197 g/mol. The number of hydrogen-bond donors (Lipinski definition) is 0. The number of rotatable bonds is 4. The lowest BCUT2D eigenvalue weighted by atomic mass is 10.3. The fourth-order valence-electron chi connectivity index (χ4n) is 0.811. The Morgan fingerprint density at radius 2 is 2.36 bits per heavy atom. The molecule has 1 unspecified atom stereocenters. The van der Waals surface area contributed by atoms with Gasteiger partial charge in [-0.1, -0.05) is 0 Å². The summed E-state index contributed by atoms with van der Waals surface area (Å²) in [5, 5.41) is 0. The Balaban J connectivity index is 2.36. The van der Waals surface area contributed by atoms with E-state index in [1.165, 1.54) is 6.26 Å². The number of carbonyl (C=O) groups is 1. The zero-order valence-corrected chi connectivity index (χ0v) is 8.69. The summed E-state index contributed by atoms with van der Waals surface area (Å²) in [6, 6.07) is 3.45. The minimum absolute atomic E-state index is 0.203. The van der Waals surface area contributed by atoms with E-state index in [4.69, 9.17) is 9.15 Å².